The molecule has 0 unspecified atom stereocenters. The summed E-state index contributed by atoms with van der Waals surface area (Å²) in [5.41, 5.74) is 1.15. The third-order valence-corrected chi connectivity index (χ3v) is 4.50. The maximum Gasteiger partial charge on any atom is 0.416 e. The summed E-state index contributed by atoms with van der Waals surface area (Å²) >= 11 is 0. The van der Waals surface area contributed by atoms with Crippen molar-refractivity contribution in [3.8, 4) is 11.3 Å². The van der Waals surface area contributed by atoms with E-state index in [2.05, 4.69) is 4.98 Å². The number of rotatable bonds is 3. The van der Waals surface area contributed by atoms with E-state index in [4.69, 9.17) is 5.11 Å². The molecule has 0 bridgehead atoms. The number of alkyl halides is 3. The van der Waals surface area contributed by atoms with Crippen molar-refractivity contribution in [2.75, 3.05) is 0 Å². The summed E-state index contributed by atoms with van der Waals surface area (Å²) in [6, 6.07) is 10.3. The van der Waals surface area contributed by atoms with Crippen molar-refractivity contribution in [2.45, 2.75) is 18.5 Å². The van der Waals surface area contributed by atoms with Crippen LogP contribution in [0.15, 0.2) is 48.7 Å². The third-order valence-electron chi connectivity index (χ3n) is 4.50. The van der Waals surface area contributed by atoms with Crippen molar-refractivity contribution in [3.63, 3.8) is 0 Å². The van der Waals surface area contributed by atoms with E-state index in [0.717, 1.165) is 17.6 Å². The van der Waals surface area contributed by atoms with E-state index < -0.39 is 23.6 Å². The van der Waals surface area contributed by atoms with Crippen LogP contribution in [0.5, 0.6) is 0 Å². The zero-order valence-electron chi connectivity index (χ0n) is 12.9. The number of carboxylic acid groups (broad SMARTS) is 1. The minimum Gasteiger partial charge on any atom is -0.481 e. The van der Waals surface area contributed by atoms with Crippen molar-refractivity contribution in [1.82, 2.24) is 9.38 Å². The maximum atomic E-state index is 12.7. The number of pyridine rings is 1. The summed E-state index contributed by atoms with van der Waals surface area (Å²) in [6.45, 7) is 0. The molecule has 2 aromatic heterocycles. The van der Waals surface area contributed by atoms with Gasteiger partial charge in [-0.15, -0.1) is 0 Å². The lowest BCUT2D eigenvalue weighted by Gasteiger charge is -2.06. The molecule has 4 nitrogen and oxygen atoms in total. The molecule has 4 rings (SSSR count). The highest BCUT2D eigenvalue weighted by Gasteiger charge is 2.47. The highest BCUT2D eigenvalue weighted by molar-refractivity contribution is 5.79. The number of hydrogen-bond donors (Lipinski definition) is 1. The Morgan fingerprint density at radius 2 is 1.88 bits per heavy atom. The van der Waals surface area contributed by atoms with Crippen molar-refractivity contribution in [2.24, 2.45) is 5.92 Å². The summed E-state index contributed by atoms with van der Waals surface area (Å²) in [7, 11) is 0. The van der Waals surface area contributed by atoms with Crippen molar-refractivity contribution < 1.29 is 23.1 Å². The number of aromatic nitrogens is 2. The van der Waals surface area contributed by atoms with Gasteiger partial charge >= 0.3 is 12.1 Å². The topological polar surface area (TPSA) is 54.6 Å². The Balaban J connectivity index is 1.79. The van der Waals surface area contributed by atoms with Gasteiger partial charge in [0.2, 0.25) is 0 Å². The normalized spacial score (nSPS) is 20.0. The Hall–Kier alpha value is -2.83. The minimum absolute atomic E-state index is 0.171. The molecule has 7 heteroatoms. The number of nitrogens with zero attached hydrogens (tertiary/aromatic N) is 2. The molecule has 0 saturated heterocycles. The number of fused-ring (bicyclic) bond motifs is 1. The SMILES string of the molecule is O=C(O)[C@@H]1C[C@H]1c1nc(-c2ccc(C(F)(F)F)cc2)c2ccccn12. The molecular weight excluding hydrogens is 333 g/mol. The lowest BCUT2D eigenvalue weighted by molar-refractivity contribution is -0.139. The molecule has 128 valence electrons. The first kappa shape index (κ1) is 15.7. The Bertz CT molecular complexity index is 961. The molecule has 1 aliphatic carbocycles. The van der Waals surface area contributed by atoms with E-state index in [1.165, 1.54) is 12.1 Å². The van der Waals surface area contributed by atoms with Crippen LogP contribution in [0.25, 0.3) is 16.8 Å². The van der Waals surface area contributed by atoms with Crippen LogP contribution in [-0.2, 0) is 11.0 Å². The van der Waals surface area contributed by atoms with E-state index in [1.54, 1.807) is 6.20 Å². The zero-order valence-corrected chi connectivity index (χ0v) is 12.9. The predicted octanol–water partition coefficient (Wildman–Crippen LogP) is 4.21. The molecule has 0 amide bonds. The third kappa shape index (κ3) is 2.65. The second kappa shape index (κ2) is 5.34. The standard InChI is InChI=1S/C18H13F3N2O2/c19-18(20,21)11-6-4-10(5-7-11)15-14-3-1-2-8-23(14)16(22-15)12-9-13(12)17(24)25/h1-8,12-13H,9H2,(H,24,25)/t12-,13-/m1/s1. The number of imidazole rings is 1. The highest BCUT2D eigenvalue weighted by atomic mass is 19.4. The lowest BCUT2D eigenvalue weighted by Crippen LogP contribution is -2.04. The quantitative estimate of drug-likeness (QED) is 0.773. The van der Waals surface area contributed by atoms with Gasteiger partial charge in [-0.3, -0.25) is 4.79 Å². The van der Waals surface area contributed by atoms with Crippen LogP contribution in [0.4, 0.5) is 13.2 Å². The van der Waals surface area contributed by atoms with Gasteiger partial charge in [-0.25, -0.2) is 4.98 Å². The summed E-state index contributed by atoms with van der Waals surface area (Å²) in [5.74, 6) is -0.839. The number of aliphatic carboxylic acids is 1. The molecule has 1 saturated carbocycles. The molecule has 1 fully saturated rings. The molecule has 25 heavy (non-hydrogen) atoms. The predicted molar refractivity (Wildman–Crippen MR) is 84.1 cm³/mol. The van der Waals surface area contributed by atoms with Gasteiger partial charge in [0.05, 0.1) is 22.7 Å². The van der Waals surface area contributed by atoms with Crippen LogP contribution in [0.1, 0.15) is 23.7 Å². The van der Waals surface area contributed by atoms with Crippen molar-refractivity contribution >= 4 is 11.5 Å². The molecule has 3 aromatic rings. The van der Waals surface area contributed by atoms with E-state index in [9.17, 15) is 18.0 Å². The molecule has 0 radical (unpaired) electrons. The molecule has 0 aliphatic heterocycles. The van der Waals surface area contributed by atoms with Gasteiger partial charge in [0, 0.05) is 17.7 Å². The average molecular weight is 346 g/mol. The first-order chi connectivity index (χ1) is 11.9. The first-order valence-corrected chi connectivity index (χ1v) is 7.73. The van der Waals surface area contributed by atoms with Crippen LogP contribution >= 0.6 is 0 Å². The van der Waals surface area contributed by atoms with Gasteiger partial charge in [-0.05, 0) is 30.7 Å². The Morgan fingerprint density at radius 1 is 1.16 bits per heavy atom. The van der Waals surface area contributed by atoms with E-state index >= 15 is 0 Å². The van der Waals surface area contributed by atoms with E-state index in [0.29, 0.717) is 23.5 Å². The second-order valence-electron chi connectivity index (χ2n) is 6.14. The lowest BCUT2D eigenvalue weighted by atomic mass is 10.1. The van der Waals surface area contributed by atoms with Crippen LogP contribution in [0, 0.1) is 5.92 Å². The minimum atomic E-state index is -4.39. The molecule has 1 N–H and O–H groups in total. The van der Waals surface area contributed by atoms with Crippen LogP contribution in [0.3, 0.4) is 0 Å². The number of halogens is 3. The summed E-state index contributed by atoms with van der Waals surface area (Å²) < 4.78 is 40.0. The molecule has 2 atom stereocenters. The molecule has 0 spiro atoms. The fraction of sp³-hybridized carbons (Fsp3) is 0.222. The maximum absolute atomic E-state index is 12.7. The number of carbonyl (C=O) groups is 1. The molecular formula is C18H13F3N2O2. The Kier molecular flexibility index (Phi) is 3.35. The van der Waals surface area contributed by atoms with Gasteiger partial charge < -0.3 is 9.51 Å². The monoisotopic (exact) mass is 346 g/mol. The van der Waals surface area contributed by atoms with Crippen LogP contribution in [0.2, 0.25) is 0 Å². The molecule has 1 aliphatic rings. The van der Waals surface area contributed by atoms with Crippen molar-refractivity contribution in [1.29, 1.82) is 0 Å². The number of hydrogen-bond acceptors (Lipinski definition) is 2. The highest BCUT2D eigenvalue weighted by Crippen LogP contribution is 2.48. The Labute approximate surface area is 140 Å². The number of benzene rings is 1. The first-order valence-electron chi connectivity index (χ1n) is 7.73. The molecule has 2 heterocycles. The Morgan fingerprint density at radius 3 is 2.48 bits per heavy atom. The van der Waals surface area contributed by atoms with Crippen LogP contribution in [-0.4, -0.2) is 20.5 Å². The average Bonchev–Trinajstić information content (AvgIpc) is 3.29. The fourth-order valence-corrected chi connectivity index (χ4v) is 3.11. The van der Waals surface area contributed by atoms with Gasteiger partial charge in [0.25, 0.3) is 0 Å². The largest absolute Gasteiger partial charge is 0.481 e. The van der Waals surface area contributed by atoms with E-state index in [-0.39, 0.29) is 5.92 Å². The van der Waals surface area contributed by atoms with Gasteiger partial charge in [0.1, 0.15) is 5.82 Å². The van der Waals surface area contributed by atoms with E-state index in [1.807, 2.05) is 22.6 Å². The number of carboxylic acids is 1. The van der Waals surface area contributed by atoms with Gasteiger partial charge in [-0.2, -0.15) is 13.2 Å². The van der Waals surface area contributed by atoms with Gasteiger partial charge in [0.15, 0.2) is 0 Å². The zero-order chi connectivity index (χ0) is 17.8. The summed E-state index contributed by atoms with van der Waals surface area (Å²) in [5, 5.41) is 9.14. The smallest absolute Gasteiger partial charge is 0.416 e. The molecule has 1 aromatic carbocycles. The fourth-order valence-electron chi connectivity index (χ4n) is 3.11. The van der Waals surface area contributed by atoms with Crippen LogP contribution < -0.4 is 0 Å². The van der Waals surface area contributed by atoms with Crippen molar-refractivity contribution in [3.05, 3.63) is 60.0 Å². The summed E-state index contributed by atoms with van der Waals surface area (Å²) in [6.07, 6.45) is -2.07. The summed E-state index contributed by atoms with van der Waals surface area (Å²) in [4.78, 5) is 15.7. The van der Waals surface area contributed by atoms with Gasteiger partial charge in [-0.1, -0.05) is 18.2 Å². The second-order valence-corrected chi connectivity index (χ2v) is 6.14.